The van der Waals surface area contributed by atoms with Crippen molar-refractivity contribution in [2.45, 2.75) is 82.4 Å². The number of carbonyl (C=O) groups is 4. The summed E-state index contributed by atoms with van der Waals surface area (Å²) in [6.45, 7) is 3.57. The van der Waals surface area contributed by atoms with Gasteiger partial charge in [-0.05, 0) is 57.9 Å². The molecular formula is C27H37N5O7. The summed E-state index contributed by atoms with van der Waals surface area (Å²) in [5.74, 6) is -1.37. The van der Waals surface area contributed by atoms with Crippen molar-refractivity contribution in [3.05, 3.63) is 30.1 Å². The number of β-amino-alcohol motifs (C(OH)–C–C–N with tert-alkyl or cyclic N) is 1. The van der Waals surface area contributed by atoms with Crippen molar-refractivity contribution >= 4 is 34.7 Å². The van der Waals surface area contributed by atoms with Crippen LogP contribution in [0.1, 0.15) is 49.9 Å². The number of aromatic nitrogens is 2. The van der Waals surface area contributed by atoms with Crippen LogP contribution in [0.25, 0.3) is 11.0 Å². The Morgan fingerprint density at radius 2 is 2.08 bits per heavy atom. The molecule has 12 nitrogen and oxygen atoms in total. The quantitative estimate of drug-likeness (QED) is 0.362. The van der Waals surface area contributed by atoms with Crippen molar-refractivity contribution in [2.24, 2.45) is 0 Å². The molecule has 2 amide bonds. The third kappa shape index (κ3) is 6.13. The van der Waals surface area contributed by atoms with E-state index in [4.69, 9.17) is 9.47 Å². The first-order valence-corrected chi connectivity index (χ1v) is 13.3. The van der Waals surface area contributed by atoms with E-state index in [1.54, 1.807) is 44.3 Å². The molecule has 0 spiro atoms. The molecule has 39 heavy (non-hydrogen) atoms. The molecule has 0 bridgehead atoms. The van der Waals surface area contributed by atoms with E-state index in [0.717, 1.165) is 10.9 Å². The molecule has 4 rings (SSSR count). The van der Waals surface area contributed by atoms with Crippen LogP contribution in [0.3, 0.4) is 0 Å². The van der Waals surface area contributed by atoms with E-state index in [9.17, 15) is 24.3 Å². The number of fused-ring (bicyclic) bond motifs is 1. The highest BCUT2D eigenvalue weighted by Crippen LogP contribution is 2.28. The fourth-order valence-corrected chi connectivity index (χ4v) is 5.21. The Labute approximate surface area is 227 Å². The number of likely N-dealkylation sites (tertiary alicyclic amines) is 1. The lowest BCUT2D eigenvalue weighted by Gasteiger charge is -2.32. The summed E-state index contributed by atoms with van der Waals surface area (Å²) >= 11 is 0. The van der Waals surface area contributed by atoms with Crippen LogP contribution in [-0.4, -0.2) is 100 Å². The molecule has 4 heterocycles. The second kappa shape index (κ2) is 12.2. The van der Waals surface area contributed by atoms with E-state index in [2.05, 4.69) is 15.6 Å². The molecular weight excluding hydrogens is 506 g/mol. The third-order valence-corrected chi connectivity index (χ3v) is 7.70. The molecule has 2 aromatic heterocycles. The van der Waals surface area contributed by atoms with Crippen molar-refractivity contribution < 1.29 is 33.8 Å². The summed E-state index contributed by atoms with van der Waals surface area (Å²) < 4.78 is 12.0. The number of aliphatic hydroxyl groups is 1. The Morgan fingerprint density at radius 1 is 1.31 bits per heavy atom. The van der Waals surface area contributed by atoms with Crippen LogP contribution in [0, 0.1) is 0 Å². The van der Waals surface area contributed by atoms with Crippen LogP contribution in [-0.2, 0) is 30.3 Å². The smallest absolute Gasteiger partial charge is 0.306 e. The van der Waals surface area contributed by atoms with E-state index < -0.39 is 30.4 Å². The fourth-order valence-electron chi connectivity index (χ4n) is 5.21. The second-order valence-corrected chi connectivity index (χ2v) is 10.3. The zero-order chi connectivity index (χ0) is 28.3. The number of pyridine rings is 1. The van der Waals surface area contributed by atoms with Gasteiger partial charge in [0.25, 0.3) is 5.91 Å². The lowest BCUT2D eigenvalue weighted by Crippen LogP contribution is -2.57. The first-order chi connectivity index (χ1) is 18.6. The number of aliphatic hydroxyl groups excluding tert-OH is 1. The molecule has 2 aromatic rings. The molecule has 2 saturated heterocycles. The number of carbonyl (C=O) groups excluding carboxylic acids is 4. The molecule has 2 aliphatic rings. The maximum absolute atomic E-state index is 13.6. The van der Waals surface area contributed by atoms with Crippen LogP contribution in [0.4, 0.5) is 0 Å². The number of ether oxygens (including phenoxy) is 2. The predicted octanol–water partition coefficient (Wildman–Crippen LogP) is 0.404. The van der Waals surface area contributed by atoms with E-state index in [1.165, 1.54) is 11.7 Å². The van der Waals surface area contributed by atoms with Crippen LogP contribution < -0.4 is 10.6 Å². The molecule has 6 atom stereocenters. The molecule has 1 unspecified atom stereocenters. The second-order valence-electron chi connectivity index (χ2n) is 10.3. The predicted molar refractivity (Wildman–Crippen MR) is 141 cm³/mol. The minimum atomic E-state index is -0.913. The Kier molecular flexibility index (Phi) is 8.98. The lowest BCUT2D eigenvalue weighted by molar-refractivity contribution is -0.141. The first-order valence-electron chi connectivity index (χ1n) is 13.3. The molecule has 0 aliphatic carbocycles. The van der Waals surface area contributed by atoms with E-state index in [1.807, 2.05) is 6.07 Å². The van der Waals surface area contributed by atoms with Gasteiger partial charge >= 0.3 is 5.97 Å². The van der Waals surface area contributed by atoms with E-state index >= 15 is 0 Å². The van der Waals surface area contributed by atoms with Gasteiger partial charge < -0.3 is 30.1 Å². The summed E-state index contributed by atoms with van der Waals surface area (Å²) in [6, 6.07) is 1.98. The van der Waals surface area contributed by atoms with Crippen molar-refractivity contribution in [3.63, 3.8) is 0 Å². The van der Waals surface area contributed by atoms with Crippen molar-refractivity contribution in [1.29, 1.82) is 0 Å². The summed E-state index contributed by atoms with van der Waals surface area (Å²) in [7, 11) is 3.14. The summed E-state index contributed by atoms with van der Waals surface area (Å²) in [5.41, 5.74) is 1.35. The minimum absolute atomic E-state index is 0.155. The molecule has 3 N–H and O–H groups in total. The number of esters is 1. The molecule has 2 aliphatic heterocycles. The zero-order valence-corrected chi connectivity index (χ0v) is 22.8. The van der Waals surface area contributed by atoms with Gasteiger partial charge in [-0.2, -0.15) is 0 Å². The number of nitrogens with zero attached hydrogens (tertiary/aromatic N) is 3. The van der Waals surface area contributed by atoms with Gasteiger partial charge in [-0.25, -0.2) is 4.98 Å². The molecule has 2 fully saturated rings. The van der Waals surface area contributed by atoms with Crippen LogP contribution >= 0.6 is 0 Å². The number of rotatable bonds is 10. The van der Waals surface area contributed by atoms with Gasteiger partial charge in [0.1, 0.15) is 11.7 Å². The number of hydrogen-bond acceptors (Lipinski definition) is 9. The first kappa shape index (κ1) is 28.7. The number of cyclic esters (lactones) is 1. The summed E-state index contributed by atoms with van der Waals surface area (Å²) in [5, 5.41) is 16.9. The lowest BCUT2D eigenvalue weighted by atomic mass is 10.0. The normalized spacial score (nSPS) is 23.5. The van der Waals surface area contributed by atoms with Crippen LogP contribution in [0.2, 0.25) is 0 Å². The summed E-state index contributed by atoms with van der Waals surface area (Å²) in [4.78, 5) is 56.9. The SMILES string of the molecule is CN[C@@H](C)C(=O)N[C@H](C(=O)N1C[C@@H](O)C[C@H]1CCc1cn(C(=O)C2CCC(=O)O2)c2ncccc12)[C@@H](C)OC. The highest BCUT2D eigenvalue weighted by atomic mass is 16.6. The number of nitrogens with one attached hydrogen (secondary N) is 2. The topological polar surface area (TPSA) is 152 Å². The number of aryl methyl sites for hydroxylation is 1. The highest BCUT2D eigenvalue weighted by molar-refractivity contribution is 5.96. The third-order valence-electron chi connectivity index (χ3n) is 7.70. The maximum Gasteiger partial charge on any atom is 0.306 e. The Hall–Kier alpha value is -3.35. The molecule has 0 radical (unpaired) electrons. The average Bonchev–Trinajstić information content (AvgIpc) is 3.65. The van der Waals surface area contributed by atoms with Gasteiger partial charge in [-0.15, -0.1) is 0 Å². The monoisotopic (exact) mass is 543 g/mol. The molecule has 0 saturated carbocycles. The minimum Gasteiger partial charge on any atom is -0.452 e. The largest absolute Gasteiger partial charge is 0.452 e. The molecule has 212 valence electrons. The number of methoxy groups -OCH3 is 1. The maximum atomic E-state index is 13.6. The standard InChI is InChI=1S/C27H37N5O7/c1-15(28-3)25(35)30-23(16(2)38-4)27(37)31-14-19(33)12-18(31)8-7-17-13-32(24-20(17)6-5-11-29-24)26(36)21-9-10-22(34)39-21/h5-6,11,13,15-16,18-19,21,23,28,33H,7-10,12,14H2,1-4H3,(H,30,35)/t15-,16+,18+,19-,21?,23-/m0/s1. The zero-order valence-electron chi connectivity index (χ0n) is 22.8. The molecule has 12 heteroatoms. The van der Waals surface area contributed by atoms with Gasteiger partial charge in [0, 0.05) is 50.3 Å². The Bertz CT molecular complexity index is 1230. The van der Waals surface area contributed by atoms with E-state index in [-0.39, 0.29) is 42.7 Å². The van der Waals surface area contributed by atoms with Gasteiger partial charge in [-0.3, -0.25) is 23.7 Å². The van der Waals surface area contributed by atoms with Gasteiger partial charge in [0.15, 0.2) is 6.10 Å². The number of amides is 2. The number of likely N-dealkylation sites (N-methyl/N-ethyl adjacent to an activating group) is 1. The van der Waals surface area contributed by atoms with Crippen LogP contribution in [0.15, 0.2) is 24.5 Å². The molecule has 0 aromatic carbocycles. The summed E-state index contributed by atoms with van der Waals surface area (Å²) in [6.07, 6.45) is 3.20. The van der Waals surface area contributed by atoms with E-state index in [0.29, 0.717) is 31.3 Å². The Morgan fingerprint density at radius 3 is 2.74 bits per heavy atom. The van der Waals surface area contributed by atoms with Gasteiger partial charge in [0.2, 0.25) is 11.8 Å². The fraction of sp³-hybridized carbons (Fsp3) is 0.593. The Balaban J connectivity index is 1.52. The van der Waals surface area contributed by atoms with Gasteiger partial charge in [-0.1, -0.05) is 0 Å². The highest BCUT2D eigenvalue weighted by Gasteiger charge is 2.40. The average molecular weight is 544 g/mol. The van der Waals surface area contributed by atoms with Crippen molar-refractivity contribution in [2.75, 3.05) is 20.7 Å². The van der Waals surface area contributed by atoms with Crippen LogP contribution in [0.5, 0.6) is 0 Å². The van der Waals surface area contributed by atoms with Crippen molar-refractivity contribution in [3.8, 4) is 0 Å². The van der Waals surface area contributed by atoms with Crippen molar-refractivity contribution in [1.82, 2.24) is 25.1 Å². The van der Waals surface area contributed by atoms with Gasteiger partial charge in [0.05, 0.1) is 18.2 Å². The number of hydrogen-bond donors (Lipinski definition) is 3.